The number of urea groups is 1. The highest BCUT2D eigenvalue weighted by Gasteiger charge is 2.19. The van der Waals surface area contributed by atoms with Crippen LogP contribution in [0.4, 0.5) is 4.79 Å². The maximum absolute atomic E-state index is 11.3. The molecule has 0 aliphatic carbocycles. The highest BCUT2D eigenvalue weighted by molar-refractivity contribution is 5.82. The van der Waals surface area contributed by atoms with Crippen molar-refractivity contribution in [3.63, 3.8) is 0 Å². The largest absolute Gasteiger partial charge is 0.480 e. The zero-order valence-corrected chi connectivity index (χ0v) is 9.30. The first-order valence-corrected chi connectivity index (χ1v) is 4.92. The lowest BCUT2D eigenvalue weighted by atomic mass is 10.3. The fraction of sp³-hybridized carbons (Fsp3) is 0.400. The molecule has 2 amide bonds. The Balaban J connectivity index is 2.34. The molecule has 1 unspecified atom stereocenters. The summed E-state index contributed by atoms with van der Waals surface area (Å²) < 4.78 is 9.68. The first kappa shape index (κ1) is 13.0. The molecule has 0 aromatic carbocycles. The summed E-state index contributed by atoms with van der Waals surface area (Å²) in [6, 6.07) is 1.73. The van der Waals surface area contributed by atoms with Crippen LogP contribution in [0.5, 0.6) is 0 Å². The van der Waals surface area contributed by atoms with Crippen LogP contribution < -0.4 is 10.6 Å². The van der Waals surface area contributed by atoms with E-state index in [2.05, 4.69) is 15.4 Å². The van der Waals surface area contributed by atoms with E-state index in [1.54, 1.807) is 12.1 Å². The van der Waals surface area contributed by atoms with Crippen LogP contribution >= 0.6 is 0 Å². The van der Waals surface area contributed by atoms with Gasteiger partial charge in [-0.3, -0.25) is 0 Å². The molecule has 0 radical (unpaired) electrons. The number of amides is 2. The molecule has 0 bridgehead atoms. The Morgan fingerprint density at radius 3 is 2.88 bits per heavy atom. The summed E-state index contributed by atoms with van der Waals surface area (Å²) in [7, 11) is 1.36. The Bertz CT molecular complexity index is 363. The Hall–Kier alpha value is -2.02. The number of rotatable bonds is 6. The summed E-state index contributed by atoms with van der Waals surface area (Å²) in [5, 5.41) is 13.5. The first-order valence-electron chi connectivity index (χ1n) is 4.92. The topological polar surface area (TPSA) is 101 Å². The second-order valence-electron chi connectivity index (χ2n) is 3.25. The molecule has 7 heteroatoms. The Labute approximate surface area is 97.7 Å². The smallest absolute Gasteiger partial charge is 0.328 e. The molecule has 0 aliphatic heterocycles. The van der Waals surface area contributed by atoms with Gasteiger partial charge in [-0.2, -0.15) is 0 Å². The number of carboxylic acids is 1. The minimum Gasteiger partial charge on any atom is -0.480 e. The van der Waals surface area contributed by atoms with Gasteiger partial charge in [0.1, 0.15) is 5.76 Å². The maximum atomic E-state index is 11.3. The predicted octanol–water partition coefficient (Wildman–Crippen LogP) is 0.178. The van der Waals surface area contributed by atoms with Crippen LogP contribution in [-0.4, -0.2) is 36.9 Å². The molecule has 7 nitrogen and oxygen atoms in total. The third-order valence-corrected chi connectivity index (χ3v) is 1.94. The molecule has 1 rings (SSSR count). The molecule has 1 heterocycles. The van der Waals surface area contributed by atoms with E-state index < -0.39 is 18.0 Å². The number of furan rings is 1. The Morgan fingerprint density at radius 2 is 2.35 bits per heavy atom. The number of hydrogen-bond donors (Lipinski definition) is 3. The minimum atomic E-state index is -1.15. The molecule has 94 valence electrons. The fourth-order valence-electron chi connectivity index (χ4n) is 1.13. The van der Waals surface area contributed by atoms with Crippen molar-refractivity contribution in [3.05, 3.63) is 24.2 Å². The lowest BCUT2D eigenvalue weighted by Crippen LogP contribution is -2.48. The van der Waals surface area contributed by atoms with Gasteiger partial charge >= 0.3 is 12.0 Å². The van der Waals surface area contributed by atoms with Crippen molar-refractivity contribution < 1.29 is 23.8 Å². The van der Waals surface area contributed by atoms with Gasteiger partial charge in [0.2, 0.25) is 0 Å². The highest BCUT2D eigenvalue weighted by atomic mass is 16.5. The molecule has 3 N–H and O–H groups in total. The number of hydrogen-bond acceptors (Lipinski definition) is 4. The van der Waals surface area contributed by atoms with E-state index in [0.29, 0.717) is 5.76 Å². The number of nitrogens with one attached hydrogen (secondary N) is 2. The Kier molecular flexibility index (Phi) is 5.02. The van der Waals surface area contributed by atoms with Gasteiger partial charge in [0.05, 0.1) is 19.4 Å². The molecule has 17 heavy (non-hydrogen) atoms. The minimum absolute atomic E-state index is 0.0937. The molecule has 0 saturated carbocycles. The van der Waals surface area contributed by atoms with Gasteiger partial charge in [-0.15, -0.1) is 0 Å². The summed E-state index contributed by atoms with van der Waals surface area (Å²) >= 11 is 0. The van der Waals surface area contributed by atoms with Crippen molar-refractivity contribution in [3.8, 4) is 0 Å². The van der Waals surface area contributed by atoms with E-state index in [9.17, 15) is 9.59 Å². The molecular formula is C10H14N2O5. The monoisotopic (exact) mass is 242 g/mol. The molecule has 0 fully saturated rings. The summed E-state index contributed by atoms with van der Waals surface area (Å²) in [5.74, 6) is -0.571. The average Bonchev–Trinajstić information content (AvgIpc) is 2.78. The van der Waals surface area contributed by atoms with Crippen molar-refractivity contribution in [2.24, 2.45) is 0 Å². The van der Waals surface area contributed by atoms with Crippen LogP contribution in [0.1, 0.15) is 5.76 Å². The third kappa shape index (κ3) is 4.56. The SMILES string of the molecule is COCC(NC(=O)NCc1ccco1)C(=O)O. The normalized spacial score (nSPS) is 11.8. The number of aliphatic carboxylic acids is 1. The van der Waals surface area contributed by atoms with Crippen LogP contribution in [-0.2, 0) is 16.1 Å². The van der Waals surface area contributed by atoms with Crippen molar-refractivity contribution in [1.82, 2.24) is 10.6 Å². The van der Waals surface area contributed by atoms with Gasteiger partial charge in [0.25, 0.3) is 0 Å². The molecule has 1 atom stereocenters. The third-order valence-electron chi connectivity index (χ3n) is 1.94. The summed E-state index contributed by atoms with van der Waals surface area (Å²) in [5.41, 5.74) is 0. The number of carbonyl (C=O) groups excluding carboxylic acids is 1. The van der Waals surface area contributed by atoms with Crippen LogP contribution in [0.3, 0.4) is 0 Å². The van der Waals surface area contributed by atoms with E-state index in [-0.39, 0.29) is 13.2 Å². The first-order chi connectivity index (χ1) is 8.13. The van der Waals surface area contributed by atoms with Crippen molar-refractivity contribution >= 4 is 12.0 Å². The van der Waals surface area contributed by atoms with Crippen molar-refractivity contribution in [1.29, 1.82) is 0 Å². The predicted molar refractivity (Wildman–Crippen MR) is 57.4 cm³/mol. The fourth-order valence-corrected chi connectivity index (χ4v) is 1.13. The highest BCUT2D eigenvalue weighted by Crippen LogP contribution is 1.98. The van der Waals surface area contributed by atoms with Gasteiger partial charge in [0, 0.05) is 7.11 Å². The van der Waals surface area contributed by atoms with Gasteiger partial charge in [-0.25, -0.2) is 9.59 Å². The molecule has 1 aromatic rings. The van der Waals surface area contributed by atoms with Crippen molar-refractivity contribution in [2.75, 3.05) is 13.7 Å². The number of carbonyl (C=O) groups is 2. The summed E-state index contributed by atoms with van der Waals surface area (Å²) in [6.45, 7) is 0.0989. The summed E-state index contributed by atoms with van der Waals surface area (Å²) in [4.78, 5) is 22.1. The average molecular weight is 242 g/mol. The Morgan fingerprint density at radius 1 is 1.59 bits per heavy atom. The van der Waals surface area contributed by atoms with E-state index in [1.807, 2.05) is 0 Å². The second kappa shape index (κ2) is 6.54. The number of methoxy groups -OCH3 is 1. The van der Waals surface area contributed by atoms with Gasteiger partial charge in [-0.05, 0) is 12.1 Å². The number of ether oxygens (including phenoxy) is 1. The van der Waals surface area contributed by atoms with E-state index in [1.165, 1.54) is 13.4 Å². The summed E-state index contributed by atoms with van der Waals surface area (Å²) in [6.07, 6.45) is 1.49. The van der Waals surface area contributed by atoms with Crippen molar-refractivity contribution in [2.45, 2.75) is 12.6 Å². The van der Waals surface area contributed by atoms with E-state index in [4.69, 9.17) is 9.52 Å². The van der Waals surface area contributed by atoms with E-state index in [0.717, 1.165) is 0 Å². The second-order valence-corrected chi connectivity index (χ2v) is 3.25. The molecule has 0 spiro atoms. The van der Waals surface area contributed by atoms with Crippen LogP contribution in [0, 0.1) is 0 Å². The van der Waals surface area contributed by atoms with Crippen LogP contribution in [0.15, 0.2) is 22.8 Å². The number of carboxylic acid groups (broad SMARTS) is 1. The van der Waals surface area contributed by atoms with E-state index >= 15 is 0 Å². The zero-order chi connectivity index (χ0) is 12.7. The maximum Gasteiger partial charge on any atom is 0.328 e. The lowest BCUT2D eigenvalue weighted by Gasteiger charge is -2.13. The van der Waals surface area contributed by atoms with Gasteiger partial charge in [0.15, 0.2) is 6.04 Å². The lowest BCUT2D eigenvalue weighted by molar-refractivity contribution is -0.140. The molecule has 1 aromatic heterocycles. The molecule has 0 saturated heterocycles. The van der Waals surface area contributed by atoms with Crippen LogP contribution in [0.2, 0.25) is 0 Å². The van der Waals surface area contributed by atoms with Gasteiger partial charge < -0.3 is 24.9 Å². The van der Waals surface area contributed by atoms with Gasteiger partial charge in [-0.1, -0.05) is 0 Å². The molecule has 0 aliphatic rings. The zero-order valence-electron chi connectivity index (χ0n) is 9.30. The molecular weight excluding hydrogens is 228 g/mol. The quantitative estimate of drug-likeness (QED) is 0.660. The standard InChI is InChI=1S/C10H14N2O5/c1-16-6-8(9(13)14)12-10(15)11-5-7-3-2-4-17-7/h2-4,8H,5-6H2,1H3,(H,13,14)(H2,11,12,15). The van der Waals surface area contributed by atoms with Crippen LogP contribution in [0.25, 0.3) is 0 Å².